The minimum Gasteiger partial charge on any atom is -0.363 e. The van der Waals surface area contributed by atoms with Crippen LogP contribution in [0.1, 0.15) is 26.3 Å². The normalized spacial score (nSPS) is 11.9. The quantitative estimate of drug-likeness (QED) is 0.835. The van der Waals surface area contributed by atoms with Crippen molar-refractivity contribution < 1.29 is 13.2 Å². The first kappa shape index (κ1) is 16.8. The fourth-order valence-electron chi connectivity index (χ4n) is 1.94. The summed E-state index contributed by atoms with van der Waals surface area (Å²) in [4.78, 5) is 5.34. The molecule has 1 aromatic heterocycles. The van der Waals surface area contributed by atoms with E-state index in [0.29, 0.717) is 24.7 Å². The Hall–Kier alpha value is -1.30. The highest BCUT2D eigenvalue weighted by Gasteiger charge is 2.30. The van der Waals surface area contributed by atoms with Crippen LogP contribution in [0.5, 0.6) is 0 Å². The van der Waals surface area contributed by atoms with E-state index >= 15 is 0 Å². The fraction of sp³-hybridized carbons (Fsp3) is 0.643. The third-order valence-corrected chi connectivity index (χ3v) is 2.84. The fourth-order valence-corrected chi connectivity index (χ4v) is 1.94. The van der Waals surface area contributed by atoms with Gasteiger partial charge in [-0.3, -0.25) is 4.98 Å². The second kappa shape index (κ2) is 7.47. The largest absolute Gasteiger partial charge is 0.405 e. The Bertz CT molecular complexity index is 405. The van der Waals surface area contributed by atoms with Gasteiger partial charge in [0, 0.05) is 36.7 Å². The summed E-state index contributed by atoms with van der Waals surface area (Å²) in [5.41, 5.74) is 1.38. The molecule has 1 rings (SSSR count). The highest BCUT2D eigenvalue weighted by Crippen LogP contribution is 2.24. The molecule has 1 aromatic rings. The van der Waals surface area contributed by atoms with Gasteiger partial charge in [-0.25, -0.2) is 0 Å². The smallest absolute Gasteiger partial charge is 0.363 e. The molecule has 1 heterocycles. The maximum absolute atomic E-state index is 12.6. The van der Waals surface area contributed by atoms with Crippen molar-refractivity contribution in [3.63, 3.8) is 0 Å². The molecule has 0 saturated carbocycles. The van der Waals surface area contributed by atoms with Gasteiger partial charge in [0.05, 0.1) is 0 Å². The molecule has 6 heteroatoms. The van der Waals surface area contributed by atoms with Gasteiger partial charge in [-0.15, -0.1) is 0 Å². The van der Waals surface area contributed by atoms with E-state index in [4.69, 9.17) is 0 Å². The van der Waals surface area contributed by atoms with Gasteiger partial charge in [-0.2, -0.15) is 13.2 Å². The van der Waals surface area contributed by atoms with Crippen LogP contribution in [0.4, 0.5) is 18.9 Å². The van der Waals surface area contributed by atoms with Gasteiger partial charge in [0.15, 0.2) is 0 Å². The lowest BCUT2D eigenvalue weighted by molar-refractivity contribution is -0.119. The van der Waals surface area contributed by atoms with Crippen molar-refractivity contribution in [2.45, 2.75) is 33.5 Å². The third-order valence-electron chi connectivity index (χ3n) is 2.84. The summed E-state index contributed by atoms with van der Waals surface area (Å²) >= 11 is 0. The van der Waals surface area contributed by atoms with Crippen molar-refractivity contribution in [3.8, 4) is 0 Å². The summed E-state index contributed by atoms with van der Waals surface area (Å²) in [6, 6.07) is 1.64. The summed E-state index contributed by atoms with van der Waals surface area (Å²) in [7, 11) is 0. The number of rotatable bonds is 7. The van der Waals surface area contributed by atoms with Gasteiger partial charge in [0.1, 0.15) is 6.54 Å². The predicted molar refractivity (Wildman–Crippen MR) is 74.7 cm³/mol. The summed E-state index contributed by atoms with van der Waals surface area (Å²) in [6.07, 6.45) is -1.05. The minimum atomic E-state index is -4.21. The van der Waals surface area contributed by atoms with Crippen LogP contribution in [0.2, 0.25) is 0 Å². The lowest BCUT2D eigenvalue weighted by atomic mass is 10.2. The standard InChI is InChI=1S/C14H22F3N3/c1-4-20(10-14(15,16)17)13-5-6-18-8-12(13)9-19-7-11(2)3/h5-6,8,11,19H,4,7,9-10H2,1-3H3. The van der Waals surface area contributed by atoms with Gasteiger partial charge in [0.25, 0.3) is 0 Å². The summed E-state index contributed by atoms with van der Waals surface area (Å²) in [6.45, 7) is 6.59. The Kier molecular flexibility index (Phi) is 6.26. The summed E-state index contributed by atoms with van der Waals surface area (Å²) in [5, 5.41) is 3.24. The number of anilines is 1. The van der Waals surface area contributed by atoms with E-state index in [2.05, 4.69) is 24.1 Å². The van der Waals surface area contributed by atoms with Crippen LogP contribution in [0.3, 0.4) is 0 Å². The second-order valence-electron chi connectivity index (χ2n) is 5.16. The van der Waals surface area contributed by atoms with E-state index in [1.54, 1.807) is 19.2 Å². The maximum Gasteiger partial charge on any atom is 0.405 e. The molecule has 3 nitrogen and oxygen atoms in total. The van der Waals surface area contributed by atoms with E-state index in [1.807, 2.05) is 0 Å². The van der Waals surface area contributed by atoms with E-state index in [-0.39, 0.29) is 0 Å². The first-order valence-electron chi connectivity index (χ1n) is 6.78. The Labute approximate surface area is 118 Å². The molecule has 0 aliphatic heterocycles. The topological polar surface area (TPSA) is 28.2 Å². The molecule has 0 aromatic carbocycles. The molecule has 0 spiro atoms. The molecule has 0 radical (unpaired) electrons. The number of nitrogens with zero attached hydrogens (tertiary/aromatic N) is 2. The highest BCUT2D eigenvalue weighted by atomic mass is 19.4. The molecule has 0 saturated heterocycles. The van der Waals surface area contributed by atoms with Gasteiger partial charge >= 0.3 is 6.18 Å². The zero-order chi connectivity index (χ0) is 15.2. The van der Waals surface area contributed by atoms with Crippen molar-refractivity contribution in [2.24, 2.45) is 5.92 Å². The Morgan fingerprint density at radius 2 is 2.05 bits per heavy atom. The second-order valence-corrected chi connectivity index (χ2v) is 5.16. The zero-order valence-electron chi connectivity index (χ0n) is 12.2. The molecular weight excluding hydrogens is 267 g/mol. The number of hydrogen-bond donors (Lipinski definition) is 1. The van der Waals surface area contributed by atoms with Gasteiger partial charge < -0.3 is 10.2 Å². The first-order valence-corrected chi connectivity index (χ1v) is 6.78. The van der Waals surface area contributed by atoms with Crippen LogP contribution >= 0.6 is 0 Å². The van der Waals surface area contributed by atoms with Crippen LogP contribution in [0, 0.1) is 5.92 Å². The average Bonchev–Trinajstić information content (AvgIpc) is 2.35. The van der Waals surface area contributed by atoms with Crippen molar-refractivity contribution >= 4 is 5.69 Å². The van der Waals surface area contributed by atoms with Gasteiger partial charge in [-0.1, -0.05) is 13.8 Å². The van der Waals surface area contributed by atoms with Gasteiger partial charge in [0.2, 0.25) is 0 Å². The monoisotopic (exact) mass is 289 g/mol. The Morgan fingerprint density at radius 3 is 2.60 bits per heavy atom. The Morgan fingerprint density at radius 1 is 1.35 bits per heavy atom. The van der Waals surface area contributed by atoms with Crippen molar-refractivity contribution in [1.29, 1.82) is 0 Å². The van der Waals surface area contributed by atoms with Crippen LogP contribution in [0.15, 0.2) is 18.5 Å². The average molecular weight is 289 g/mol. The van der Waals surface area contributed by atoms with Crippen LogP contribution in [-0.4, -0.2) is 30.8 Å². The molecule has 0 atom stereocenters. The molecule has 0 unspecified atom stereocenters. The Balaban J connectivity index is 2.81. The van der Waals surface area contributed by atoms with Crippen molar-refractivity contribution in [2.75, 3.05) is 24.5 Å². The van der Waals surface area contributed by atoms with Crippen LogP contribution in [-0.2, 0) is 6.54 Å². The SMILES string of the molecule is CCN(CC(F)(F)F)c1ccncc1CNCC(C)C. The van der Waals surface area contributed by atoms with Crippen molar-refractivity contribution in [1.82, 2.24) is 10.3 Å². The molecular formula is C14H22F3N3. The molecule has 0 bridgehead atoms. The lowest BCUT2D eigenvalue weighted by Crippen LogP contribution is -2.35. The molecule has 0 aliphatic rings. The number of hydrogen-bond acceptors (Lipinski definition) is 3. The van der Waals surface area contributed by atoms with Gasteiger partial charge in [-0.05, 0) is 25.5 Å². The molecule has 0 aliphatic carbocycles. The lowest BCUT2D eigenvalue weighted by Gasteiger charge is -2.26. The number of pyridine rings is 1. The number of aromatic nitrogens is 1. The predicted octanol–water partition coefficient (Wildman–Crippen LogP) is 3.22. The van der Waals surface area contributed by atoms with E-state index in [1.165, 1.54) is 11.1 Å². The zero-order valence-corrected chi connectivity index (χ0v) is 12.2. The molecule has 0 amide bonds. The number of nitrogens with one attached hydrogen (secondary N) is 1. The van der Waals surface area contributed by atoms with E-state index < -0.39 is 12.7 Å². The van der Waals surface area contributed by atoms with Crippen molar-refractivity contribution in [3.05, 3.63) is 24.0 Å². The number of halogens is 3. The number of alkyl halides is 3. The summed E-state index contributed by atoms with van der Waals surface area (Å²) in [5.74, 6) is 0.493. The maximum atomic E-state index is 12.6. The molecule has 114 valence electrons. The molecule has 0 fully saturated rings. The first-order chi connectivity index (χ1) is 9.33. The molecule has 1 N–H and O–H groups in total. The minimum absolute atomic E-state index is 0.306. The molecule has 20 heavy (non-hydrogen) atoms. The van der Waals surface area contributed by atoms with Crippen LogP contribution in [0.25, 0.3) is 0 Å². The van der Waals surface area contributed by atoms with E-state index in [9.17, 15) is 13.2 Å². The van der Waals surface area contributed by atoms with E-state index in [0.717, 1.165) is 12.1 Å². The van der Waals surface area contributed by atoms with Crippen LogP contribution < -0.4 is 10.2 Å². The third kappa shape index (κ3) is 5.77. The highest BCUT2D eigenvalue weighted by molar-refractivity contribution is 5.52. The summed E-state index contributed by atoms with van der Waals surface area (Å²) < 4.78 is 37.8.